The van der Waals surface area contributed by atoms with Gasteiger partial charge in [-0.3, -0.25) is 9.59 Å². The van der Waals surface area contributed by atoms with Crippen molar-refractivity contribution < 1.29 is 9.90 Å². The number of hydrogen-bond acceptors (Lipinski definition) is 4. The number of nitrogens with one attached hydrogen (secondary N) is 2. The molecule has 2 aliphatic rings. The van der Waals surface area contributed by atoms with E-state index in [1.807, 2.05) is 30.3 Å². The van der Waals surface area contributed by atoms with E-state index in [-0.39, 0.29) is 23.4 Å². The fourth-order valence-corrected chi connectivity index (χ4v) is 5.14. The Hall–Kier alpha value is -2.44. The second kappa shape index (κ2) is 7.76. The van der Waals surface area contributed by atoms with E-state index >= 15 is 0 Å². The third-order valence-electron chi connectivity index (χ3n) is 6.84. The maximum atomic E-state index is 13.0. The SMILES string of the molecule is CNC(=O)c1cn(CC2(O)CCNCC23CCCC3)c(=O)cc1-c1ccccc1. The Bertz CT molecular complexity index is 948. The van der Waals surface area contributed by atoms with E-state index in [1.54, 1.807) is 13.2 Å². The monoisotopic (exact) mass is 395 g/mol. The van der Waals surface area contributed by atoms with Crippen LogP contribution in [0.4, 0.5) is 0 Å². The van der Waals surface area contributed by atoms with Crippen LogP contribution in [0.25, 0.3) is 11.1 Å². The quantitative estimate of drug-likeness (QED) is 0.741. The third kappa shape index (κ3) is 3.51. The zero-order chi connectivity index (χ0) is 20.5. The molecule has 1 atom stereocenters. The standard InChI is InChI=1S/C23H29N3O3/c1-24-21(28)19-14-26(20(27)13-18(19)17-7-3-2-4-8-17)16-23(29)11-12-25-15-22(23)9-5-6-10-22/h2-4,7-8,13-14,25,29H,5-6,9-12,15-16H2,1H3,(H,24,28). The van der Waals surface area contributed by atoms with Gasteiger partial charge < -0.3 is 20.3 Å². The van der Waals surface area contributed by atoms with Gasteiger partial charge in [-0.1, -0.05) is 43.2 Å². The molecule has 1 spiro atoms. The van der Waals surface area contributed by atoms with Crippen molar-refractivity contribution in [3.05, 3.63) is 58.5 Å². The smallest absolute Gasteiger partial charge is 0.253 e. The van der Waals surface area contributed by atoms with Crippen molar-refractivity contribution >= 4 is 5.91 Å². The number of carbonyl (C=O) groups is 1. The van der Waals surface area contributed by atoms with Crippen LogP contribution in [0.15, 0.2) is 47.4 Å². The Labute approximate surface area is 171 Å². The summed E-state index contributed by atoms with van der Waals surface area (Å²) in [6, 6.07) is 11.0. The first-order chi connectivity index (χ1) is 14.0. The molecule has 1 amide bonds. The number of amides is 1. The molecule has 1 aromatic carbocycles. The Morgan fingerprint density at radius 3 is 2.62 bits per heavy atom. The minimum atomic E-state index is -0.952. The predicted molar refractivity (Wildman–Crippen MR) is 113 cm³/mol. The molecule has 1 unspecified atom stereocenters. The number of aromatic nitrogens is 1. The molecule has 0 bridgehead atoms. The molecule has 4 rings (SSSR count). The van der Waals surface area contributed by atoms with Gasteiger partial charge in [0, 0.05) is 36.8 Å². The van der Waals surface area contributed by atoms with Gasteiger partial charge in [0.2, 0.25) is 0 Å². The summed E-state index contributed by atoms with van der Waals surface area (Å²) in [5.74, 6) is -0.245. The summed E-state index contributed by atoms with van der Waals surface area (Å²) in [5.41, 5.74) is 0.526. The minimum absolute atomic E-state index is 0.198. The van der Waals surface area contributed by atoms with Crippen LogP contribution < -0.4 is 16.2 Å². The van der Waals surface area contributed by atoms with Crippen LogP contribution in [0, 0.1) is 5.41 Å². The van der Waals surface area contributed by atoms with Gasteiger partial charge in [-0.15, -0.1) is 0 Å². The topological polar surface area (TPSA) is 83.4 Å². The first-order valence-electron chi connectivity index (χ1n) is 10.4. The first-order valence-corrected chi connectivity index (χ1v) is 10.4. The highest BCUT2D eigenvalue weighted by Crippen LogP contribution is 2.49. The Kier molecular flexibility index (Phi) is 5.32. The van der Waals surface area contributed by atoms with Crippen LogP contribution in [0.2, 0.25) is 0 Å². The molecule has 6 heteroatoms. The van der Waals surface area contributed by atoms with Crippen molar-refractivity contribution in [2.75, 3.05) is 20.1 Å². The van der Waals surface area contributed by atoms with Gasteiger partial charge in [0.1, 0.15) is 0 Å². The van der Waals surface area contributed by atoms with Crippen LogP contribution in [-0.4, -0.2) is 41.3 Å². The molecule has 1 aliphatic carbocycles. The van der Waals surface area contributed by atoms with E-state index < -0.39 is 5.60 Å². The van der Waals surface area contributed by atoms with Crippen molar-refractivity contribution in [3.8, 4) is 11.1 Å². The zero-order valence-corrected chi connectivity index (χ0v) is 16.9. The summed E-state index contributed by atoms with van der Waals surface area (Å²) in [4.78, 5) is 25.6. The number of aliphatic hydroxyl groups is 1. The molecule has 1 saturated carbocycles. The van der Waals surface area contributed by atoms with Gasteiger partial charge in [0.05, 0.1) is 17.7 Å². The fourth-order valence-electron chi connectivity index (χ4n) is 5.14. The average molecular weight is 396 g/mol. The van der Waals surface area contributed by atoms with E-state index in [2.05, 4.69) is 10.6 Å². The highest BCUT2D eigenvalue weighted by atomic mass is 16.3. The van der Waals surface area contributed by atoms with Crippen LogP contribution in [-0.2, 0) is 6.54 Å². The molecule has 2 heterocycles. The molecule has 0 radical (unpaired) electrons. The zero-order valence-electron chi connectivity index (χ0n) is 16.9. The summed E-state index contributed by atoms with van der Waals surface area (Å²) >= 11 is 0. The molecule has 3 N–H and O–H groups in total. The van der Waals surface area contributed by atoms with E-state index in [4.69, 9.17) is 0 Å². The number of pyridine rings is 1. The largest absolute Gasteiger partial charge is 0.387 e. The van der Waals surface area contributed by atoms with Gasteiger partial charge in [0.15, 0.2) is 0 Å². The molecular formula is C23H29N3O3. The second-order valence-electron chi connectivity index (χ2n) is 8.46. The molecule has 2 aromatic rings. The molecule has 29 heavy (non-hydrogen) atoms. The minimum Gasteiger partial charge on any atom is -0.387 e. The van der Waals surface area contributed by atoms with Gasteiger partial charge in [0.25, 0.3) is 11.5 Å². The number of nitrogens with zero attached hydrogens (tertiary/aromatic N) is 1. The van der Waals surface area contributed by atoms with Gasteiger partial charge in [-0.05, 0) is 31.4 Å². The number of rotatable bonds is 4. The average Bonchev–Trinajstić information content (AvgIpc) is 3.22. The highest BCUT2D eigenvalue weighted by Gasteiger charge is 2.53. The number of piperidine rings is 1. The highest BCUT2D eigenvalue weighted by molar-refractivity contribution is 6.00. The molecule has 2 fully saturated rings. The summed E-state index contributed by atoms with van der Waals surface area (Å²) in [7, 11) is 1.58. The summed E-state index contributed by atoms with van der Waals surface area (Å²) in [6.07, 6.45) is 6.37. The van der Waals surface area contributed by atoms with E-state index in [0.717, 1.165) is 44.3 Å². The summed E-state index contributed by atoms with van der Waals surface area (Å²) in [5, 5.41) is 17.8. The maximum Gasteiger partial charge on any atom is 0.253 e. The van der Waals surface area contributed by atoms with Gasteiger partial charge >= 0.3 is 0 Å². The van der Waals surface area contributed by atoms with Crippen molar-refractivity contribution in [2.24, 2.45) is 5.41 Å². The van der Waals surface area contributed by atoms with Crippen LogP contribution in [0.1, 0.15) is 42.5 Å². The lowest BCUT2D eigenvalue weighted by Crippen LogP contribution is -2.60. The Morgan fingerprint density at radius 2 is 1.93 bits per heavy atom. The lowest BCUT2D eigenvalue weighted by Gasteiger charge is -2.49. The van der Waals surface area contributed by atoms with Crippen molar-refractivity contribution in [1.29, 1.82) is 0 Å². The van der Waals surface area contributed by atoms with Gasteiger partial charge in [-0.25, -0.2) is 0 Å². The first kappa shape index (κ1) is 19.9. The molecule has 1 aliphatic heterocycles. The van der Waals surface area contributed by atoms with Crippen molar-refractivity contribution in [1.82, 2.24) is 15.2 Å². The maximum absolute atomic E-state index is 13.0. The normalized spacial score (nSPS) is 23.2. The van der Waals surface area contributed by atoms with E-state index in [0.29, 0.717) is 17.5 Å². The van der Waals surface area contributed by atoms with Crippen LogP contribution >= 0.6 is 0 Å². The fraction of sp³-hybridized carbons (Fsp3) is 0.478. The van der Waals surface area contributed by atoms with E-state index in [9.17, 15) is 14.7 Å². The summed E-state index contributed by atoms with van der Waals surface area (Å²) < 4.78 is 1.53. The third-order valence-corrected chi connectivity index (χ3v) is 6.84. The van der Waals surface area contributed by atoms with Crippen molar-refractivity contribution in [2.45, 2.75) is 44.2 Å². The Balaban J connectivity index is 1.76. The number of carbonyl (C=O) groups excluding carboxylic acids is 1. The molecule has 6 nitrogen and oxygen atoms in total. The Morgan fingerprint density at radius 1 is 1.21 bits per heavy atom. The van der Waals surface area contributed by atoms with E-state index in [1.165, 1.54) is 10.6 Å². The lowest BCUT2D eigenvalue weighted by molar-refractivity contribution is -0.115. The number of benzene rings is 1. The molecule has 1 saturated heterocycles. The summed E-state index contributed by atoms with van der Waals surface area (Å²) in [6.45, 7) is 1.73. The number of hydrogen-bond donors (Lipinski definition) is 3. The second-order valence-corrected chi connectivity index (χ2v) is 8.46. The van der Waals surface area contributed by atoms with Crippen LogP contribution in [0.5, 0.6) is 0 Å². The lowest BCUT2D eigenvalue weighted by atomic mass is 9.66. The molecular weight excluding hydrogens is 366 g/mol. The molecule has 154 valence electrons. The predicted octanol–water partition coefficient (Wildman–Crippen LogP) is 2.16. The van der Waals surface area contributed by atoms with Gasteiger partial charge in [-0.2, -0.15) is 0 Å². The molecule has 1 aromatic heterocycles. The van der Waals surface area contributed by atoms with Crippen molar-refractivity contribution in [3.63, 3.8) is 0 Å². The van der Waals surface area contributed by atoms with Crippen LogP contribution in [0.3, 0.4) is 0 Å².